The van der Waals surface area contributed by atoms with Gasteiger partial charge < -0.3 is 5.32 Å². The molecule has 1 aromatic rings. The molecule has 0 aliphatic carbocycles. The van der Waals surface area contributed by atoms with Crippen LogP contribution in [0.15, 0.2) is 12.1 Å². The lowest BCUT2D eigenvalue weighted by molar-refractivity contribution is 0.0929. The van der Waals surface area contributed by atoms with Gasteiger partial charge >= 0.3 is 0 Å². The quantitative estimate of drug-likeness (QED) is 0.807. The molecule has 2 nitrogen and oxygen atoms in total. The lowest BCUT2D eigenvalue weighted by Crippen LogP contribution is -2.38. The molecule has 16 heavy (non-hydrogen) atoms. The van der Waals surface area contributed by atoms with Gasteiger partial charge in [0.15, 0.2) is 0 Å². The van der Waals surface area contributed by atoms with Crippen molar-refractivity contribution in [3.8, 4) is 0 Å². The van der Waals surface area contributed by atoms with Crippen molar-refractivity contribution in [3.63, 3.8) is 0 Å². The predicted molar refractivity (Wildman–Crippen MR) is 70.5 cm³/mol. The van der Waals surface area contributed by atoms with Gasteiger partial charge in [-0.05, 0) is 31.4 Å². The molecular weight excluding hydrogens is 242 g/mol. The van der Waals surface area contributed by atoms with Gasteiger partial charge in [0.05, 0.1) is 4.88 Å². The number of amides is 1. The van der Waals surface area contributed by atoms with Gasteiger partial charge in [0.2, 0.25) is 0 Å². The first-order valence-electron chi connectivity index (χ1n) is 5.48. The highest BCUT2D eigenvalue weighted by Crippen LogP contribution is 2.16. The molecule has 1 atom stereocenters. The zero-order valence-corrected chi connectivity index (χ0v) is 11.5. The number of thiophene rings is 1. The summed E-state index contributed by atoms with van der Waals surface area (Å²) in [6.45, 7) is 6.19. The van der Waals surface area contributed by atoms with E-state index in [4.69, 9.17) is 11.6 Å². The Hall–Kier alpha value is -0.540. The van der Waals surface area contributed by atoms with Crippen molar-refractivity contribution in [2.45, 2.75) is 33.2 Å². The topological polar surface area (TPSA) is 29.1 Å². The zero-order valence-electron chi connectivity index (χ0n) is 9.92. The fourth-order valence-electron chi connectivity index (χ4n) is 1.49. The first kappa shape index (κ1) is 13.5. The summed E-state index contributed by atoms with van der Waals surface area (Å²) in [5.74, 6) is 0.998. The van der Waals surface area contributed by atoms with E-state index in [1.165, 1.54) is 11.3 Å². The van der Waals surface area contributed by atoms with Crippen LogP contribution in [0.2, 0.25) is 0 Å². The minimum absolute atomic E-state index is 0.0157. The number of hydrogen-bond donors (Lipinski definition) is 1. The number of halogens is 1. The van der Waals surface area contributed by atoms with E-state index in [-0.39, 0.29) is 11.9 Å². The van der Waals surface area contributed by atoms with E-state index in [9.17, 15) is 4.79 Å². The van der Waals surface area contributed by atoms with Gasteiger partial charge in [0.1, 0.15) is 0 Å². The highest BCUT2D eigenvalue weighted by Gasteiger charge is 2.17. The van der Waals surface area contributed by atoms with Crippen LogP contribution in [0.25, 0.3) is 0 Å². The molecule has 0 spiro atoms. The molecule has 0 aliphatic heterocycles. The van der Waals surface area contributed by atoms with Crippen LogP contribution >= 0.6 is 22.9 Å². The summed E-state index contributed by atoms with van der Waals surface area (Å²) in [4.78, 5) is 13.8. The van der Waals surface area contributed by atoms with Crippen LogP contribution in [-0.4, -0.2) is 17.8 Å². The van der Waals surface area contributed by atoms with Gasteiger partial charge in [-0.15, -0.1) is 22.9 Å². The average Bonchev–Trinajstić information content (AvgIpc) is 2.64. The largest absolute Gasteiger partial charge is 0.348 e. The summed E-state index contributed by atoms with van der Waals surface area (Å²) in [5, 5.41) is 3.03. The van der Waals surface area contributed by atoms with Crippen molar-refractivity contribution in [3.05, 3.63) is 21.9 Å². The number of alkyl halides is 1. The Labute approximate surface area is 106 Å². The Morgan fingerprint density at radius 1 is 1.50 bits per heavy atom. The molecule has 0 fully saturated rings. The van der Waals surface area contributed by atoms with Crippen LogP contribution in [0.3, 0.4) is 0 Å². The molecule has 0 bridgehead atoms. The summed E-state index contributed by atoms with van der Waals surface area (Å²) in [6.07, 6.45) is 0.815. The minimum atomic E-state index is 0.0157. The summed E-state index contributed by atoms with van der Waals surface area (Å²) >= 11 is 7.25. The predicted octanol–water partition coefficient (Wildman–Crippen LogP) is 3.44. The second kappa shape index (κ2) is 6.26. The third-order valence-electron chi connectivity index (χ3n) is 2.51. The molecule has 1 N–H and O–H groups in total. The lowest BCUT2D eigenvalue weighted by Gasteiger charge is -2.20. The third kappa shape index (κ3) is 3.80. The summed E-state index contributed by atoms with van der Waals surface area (Å²) < 4.78 is 0. The second-order valence-corrected chi connectivity index (χ2v) is 5.88. The summed E-state index contributed by atoms with van der Waals surface area (Å²) in [6, 6.07) is 3.99. The Kier molecular flexibility index (Phi) is 5.29. The van der Waals surface area contributed by atoms with Gasteiger partial charge in [-0.25, -0.2) is 0 Å². The first-order chi connectivity index (χ1) is 7.54. The van der Waals surface area contributed by atoms with Crippen molar-refractivity contribution in [1.82, 2.24) is 5.32 Å². The molecular formula is C12H18ClNOS. The smallest absolute Gasteiger partial charge is 0.261 e. The first-order valence-corrected chi connectivity index (χ1v) is 6.83. The normalized spacial score (nSPS) is 12.8. The van der Waals surface area contributed by atoms with Gasteiger partial charge in [-0.3, -0.25) is 4.79 Å². The summed E-state index contributed by atoms with van der Waals surface area (Å²) in [5.41, 5.74) is 0. The fraction of sp³-hybridized carbons (Fsp3) is 0.583. The Bertz CT molecular complexity index is 349. The summed E-state index contributed by atoms with van der Waals surface area (Å²) in [7, 11) is 0. The van der Waals surface area contributed by atoms with E-state index in [1.807, 2.05) is 19.1 Å². The molecule has 4 heteroatoms. The van der Waals surface area contributed by atoms with Crippen molar-refractivity contribution < 1.29 is 4.79 Å². The third-order valence-corrected chi connectivity index (χ3v) is 3.72. The van der Waals surface area contributed by atoms with Crippen LogP contribution in [0.1, 0.15) is 34.8 Å². The molecule has 1 heterocycles. The zero-order chi connectivity index (χ0) is 12.1. The SMILES string of the molecule is Cc1ccc(C(=O)NC(CCCl)C(C)C)s1. The average molecular weight is 260 g/mol. The Morgan fingerprint density at radius 3 is 2.62 bits per heavy atom. The van der Waals surface area contributed by atoms with Gasteiger partial charge in [0.25, 0.3) is 5.91 Å². The maximum absolute atomic E-state index is 11.9. The number of aryl methyl sites for hydroxylation is 1. The van der Waals surface area contributed by atoms with E-state index >= 15 is 0 Å². The molecule has 0 saturated heterocycles. The van der Waals surface area contributed by atoms with Crippen molar-refractivity contribution in [2.75, 3.05) is 5.88 Å². The van der Waals surface area contributed by atoms with Gasteiger partial charge in [-0.1, -0.05) is 13.8 Å². The number of carbonyl (C=O) groups excluding carboxylic acids is 1. The fourth-order valence-corrected chi connectivity index (χ4v) is 2.49. The van der Waals surface area contributed by atoms with Crippen molar-refractivity contribution in [2.24, 2.45) is 5.92 Å². The highest BCUT2D eigenvalue weighted by molar-refractivity contribution is 7.13. The van der Waals surface area contributed by atoms with Gasteiger partial charge in [0, 0.05) is 16.8 Å². The molecule has 0 aliphatic rings. The molecule has 1 unspecified atom stereocenters. The van der Waals surface area contributed by atoms with E-state index in [0.717, 1.165) is 16.2 Å². The van der Waals surface area contributed by atoms with Crippen LogP contribution in [-0.2, 0) is 0 Å². The molecule has 1 rings (SSSR count). The van der Waals surface area contributed by atoms with Crippen LogP contribution in [0.5, 0.6) is 0 Å². The number of hydrogen-bond acceptors (Lipinski definition) is 2. The van der Waals surface area contributed by atoms with Crippen LogP contribution in [0, 0.1) is 12.8 Å². The van der Waals surface area contributed by atoms with Crippen molar-refractivity contribution >= 4 is 28.8 Å². The van der Waals surface area contributed by atoms with E-state index < -0.39 is 0 Å². The monoisotopic (exact) mass is 259 g/mol. The standard InChI is InChI=1S/C12H18ClNOS/c1-8(2)10(6-7-13)14-12(15)11-5-4-9(3)16-11/h4-5,8,10H,6-7H2,1-3H3,(H,14,15). The van der Waals surface area contributed by atoms with Gasteiger partial charge in [-0.2, -0.15) is 0 Å². The van der Waals surface area contributed by atoms with E-state index in [1.54, 1.807) is 0 Å². The molecule has 0 aromatic carbocycles. The number of nitrogens with one attached hydrogen (secondary N) is 1. The molecule has 0 radical (unpaired) electrons. The van der Waals surface area contributed by atoms with E-state index in [2.05, 4.69) is 19.2 Å². The van der Waals surface area contributed by atoms with Crippen LogP contribution < -0.4 is 5.32 Å². The lowest BCUT2D eigenvalue weighted by atomic mass is 10.0. The highest BCUT2D eigenvalue weighted by atomic mass is 35.5. The molecule has 1 aromatic heterocycles. The molecule has 1 amide bonds. The maximum Gasteiger partial charge on any atom is 0.261 e. The Morgan fingerprint density at radius 2 is 2.19 bits per heavy atom. The number of rotatable bonds is 5. The molecule has 0 saturated carbocycles. The Balaban J connectivity index is 2.61. The van der Waals surface area contributed by atoms with E-state index in [0.29, 0.717) is 11.8 Å². The second-order valence-electron chi connectivity index (χ2n) is 4.21. The van der Waals surface area contributed by atoms with Crippen molar-refractivity contribution in [1.29, 1.82) is 0 Å². The maximum atomic E-state index is 11.9. The van der Waals surface area contributed by atoms with Crippen LogP contribution in [0.4, 0.5) is 0 Å². The minimum Gasteiger partial charge on any atom is -0.348 e. The number of carbonyl (C=O) groups is 1. The molecule has 90 valence electrons.